The van der Waals surface area contributed by atoms with Crippen LogP contribution >= 0.6 is 0 Å². The monoisotopic (exact) mass is 270 g/mol. The van der Waals surface area contributed by atoms with Crippen molar-refractivity contribution in [2.24, 2.45) is 0 Å². The van der Waals surface area contributed by atoms with Crippen molar-refractivity contribution in [3.63, 3.8) is 0 Å². The van der Waals surface area contributed by atoms with Gasteiger partial charge in [-0.2, -0.15) is 0 Å². The number of hydrogen-bond acceptors (Lipinski definition) is 4. The normalized spacial score (nSPS) is 11.4. The maximum Gasteiger partial charge on any atom is 0.150 e. The molecule has 0 saturated carbocycles. The van der Waals surface area contributed by atoms with Crippen molar-refractivity contribution >= 4 is 21.2 Å². The van der Waals surface area contributed by atoms with Crippen LogP contribution < -0.4 is 10.6 Å². The van der Waals surface area contributed by atoms with Gasteiger partial charge in [0.05, 0.1) is 5.75 Å². The van der Waals surface area contributed by atoms with Gasteiger partial charge in [-0.15, -0.1) is 0 Å². The third-order valence-electron chi connectivity index (χ3n) is 2.96. The Hall–Kier alpha value is -1.23. The number of hydrogen-bond donors (Lipinski definition) is 1. The van der Waals surface area contributed by atoms with Crippen LogP contribution in [0.15, 0.2) is 24.3 Å². The first-order valence-corrected chi connectivity index (χ1v) is 8.11. The van der Waals surface area contributed by atoms with Crippen LogP contribution in [0.25, 0.3) is 0 Å². The zero-order chi connectivity index (χ0) is 13.6. The van der Waals surface area contributed by atoms with Crippen LogP contribution in [0.2, 0.25) is 0 Å². The molecule has 1 aromatic carbocycles. The van der Waals surface area contributed by atoms with Gasteiger partial charge >= 0.3 is 0 Å². The Kier molecular flexibility index (Phi) is 5.47. The fourth-order valence-electron chi connectivity index (χ4n) is 1.77. The quantitative estimate of drug-likeness (QED) is 0.769. The van der Waals surface area contributed by atoms with Crippen LogP contribution in [0.4, 0.5) is 11.4 Å². The van der Waals surface area contributed by atoms with Crippen LogP contribution in [0, 0.1) is 0 Å². The molecule has 0 radical (unpaired) electrons. The highest BCUT2D eigenvalue weighted by molar-refractivity contribution is 7.91. The van der Waals surface area contributed by atoms with Gasteiger partial charge < -0.3 is 10.6 Å². The van der Waals surface area contributed by atoms with Crippen LogP contribution in [0.1, 0.15) is 20.3 Å². The van der Waals surface area contributed by atoms with Crippen molar-refractivity contribution < 1.29 is 8.42 Å². The van der Waals surface area contributed by atoms with Crippen LogP contribution in [0.3, 0.4) is 0 Å². The van der Waals surface area contributed by atoms with Crippen LogP contribution in [-0.4, -0.2) is 33.0 Å². The molecule has 0 aromatic heterocycles. The van der Waals surface area contributed by atoms with Gasteiger partial charge in [-0.05, 0) is 37.6 Å². The van der Waals surface area contributed by atoms with E-state index >= 15 is 0 Å². The van der Waals surface area contributed by atoms with E-state index < -0.39 is 9.84 Å². The van der Waals surface area contributed by atoms with Gasteiger partial charge in [0.1, 0.15) is 9.84 Å². The average molecular weight is 270 g/mol. The van der Waals surface area contributed by atoms with Gasteiger partial charge in [-0.1, -0.05) is 6.92 Å². The Balaban J connectivity index is 2.55. The van der Waals surface area contributed by atoms with E-state index in [1.165, 1.54) is 0 Å². The number of sulfone groups is 1. The Morgan fingerprint density at radius 2 is 1.78 bits per heavy atom. The van der Waals surface area contributed by atoms with Crippen molar-refractivity contribution in [2.45, 2.75) is 20.3 Å². The SMILES string of the molecule is CCN(CCCS(=O)(=O)CC)c1ccc(N)cc1. The zero-order valence-corrected chi connectivity index (χ0v) is 11.9. The molecular weight excluding hydrogens is 248 g/mol. The summed E-state index contributed by atoms with van der Waals surface area (Å²) in [5, 5.41) is 0. The summed E-state index contributed by atoms with van der Waals surface area (Å²) in [6, 6.07) is 7.65. The Morgan fingerprint density at radius 1 is 1.17 bits per heavy atom. The minimum atomic E-state index is -2.86. The molecule has 0 bridgehead atoms. The highest BCUT2D eigenvalue weighted by atomic mass is 32.2. The highest BCUT2D eigenvalue weighted by Crippen LogP contribution is 2.16. The second kappa shape index (κ2) is 6.64. The standard InChI is InChI=1S/C13H22N2O2S/c1-3-15(10-5-11-18(16,17)4-2)13-8-6-12(14)7-9-13/h6-9H,3-5,10-11,14H2,1-2H3. The Labute approximate surface area is 110 Å². The molecule has 0 aliphatic heterocycles. The van der Waals surface area contributed by atoms with Gasteiger partial charge in [-0.3, -0.25) is 0 Å². The molecular formula is C13H22N2O2S. The molecule has 4 nitrogen and oxygen atoms in total. The molecule has 0 aliphatic carbocycles. The van der Waals surface area contributed by atoms with E-state index in [0.717, 1.165) is 24.5 Å². The summed E-state index contributed by atoms with van der Waals surface area (Å²) in [4.78, 5) is 2.16. The lowest BCUT2D eigenvalue weighted by molar-refractivity contribution is 0.594. The lowest BCUT2D eigenvalue weighted by Gasteiger charge is -2.23. The third-order valence-corrected chi connectivity index (χ3v) is 4.75. The molecule has 0 atom stereocenters. The molecule has 0 saturated heterocycles. The lowest BCUT2D eigenvalue weighted by atomic mass is 10.2. The van der Waals surface area contributed by atoms with Gasteiger partial charge in [0, 0.05) is 30.2 Å². The second-order valence-corrected chi connectivity index (χ2v) is 6.73. The van der Waals surface area contributed by atoms with Gasteiger partial charge in [0.15, 0.2) is 0 Å². The Bertz CT molecular complexity index is 454. The van der Waals surface area contributed by atoms with Crippen molar-refractivity contribution in [1.82, 2.24) is 0 Å². The number of nitrogens with zero attached hydrogens (tertiary/aromatic N) is 1. The van der Waals surface area contributed by atoms with E-state index in [-0.39, 0.29) is 11.5 Å². The topological polar surface area (TPSA) is 63.4 Å². The van der Waals surface area contributed by atoms with E-state index in [1.54, 1.807) is 6.92 Å². The number of anilines is 2. The van der Waals surface area contributed by atoms with Gasteiger partial charge in [0.25, 0.3) is 0 Å². The summed E-state index contributed by atoms with van der Waals surface area (Å²) in [5.41, 5.74) is 7.47. The van der Waals surface area contributed by atoms with E-state index in [4.69, 9.17) is 5.73 Å². The van der Waals surface area contributed by atoms with Crippen molar-refractivity contribution in [2.75, 3.05) is 35.2 Å². The maximum atomic E-state index is 11.4. The zero-order valence-electron chi connectivity index (χ0n) is 11.1. The fourth-order valence-corrected chi connectivity index (χ4v) is 2.63. The van der Waals surface area contributed by atoms with Crippen molar-refractivity contribution in [3.05, 3.63) is 24.3 Å². The molecule has 18 heavy (non-hydrogen) atoms. The Morgan fingerprint density at radius 3 is 2.28 bits per heavy atom. The highest BCUT2D eigenvalue weighted by Gasteiger charge is 2.09. The predicted molar refractivity (Wildman–Crippen MR) is 77.7 cm³/mol. The second-order valence-electron chi connectivity index (χ2n) is 4.26. The summed E-state index contributed by atoms with van der Waals surface area (Å²) in [6.45, 7) is 5.35. The fraction of sp³-hybridized carbons (Fsp3) is 0.538. The number of benzene rings is 1. The maximum absolute atomic E-state index is 11.4. The first kappa shape index (κ1) is 14.8. The molecule has 1 aromatic rings. The number of nitrogens with two attached hydrogens (primary N) is 1. The van der Waals surface area contributed by atoms with E-state index in [2.05, 4.69) is 11.8 Å². The number of nitrogen functional groups attached to an aromatic ring is 1. The smallest absolute Gasteiger partial charge is 0.150 e. The first-order valence-electron chi connectivity index (χ1n) is 6.29. The predicted octanol–water partition coefficient (Wildman–Crippen LogP) is 1.92. The summed E-state index contributed by atoms with van der Waals surface area (Å²) in [6.07, 6.45) is 0.661. The first-order chi connectivity index (χ1) is 8.48. The molecule has 0 heterocycles. The minimum Gasteiger partial charge on any atom is -0.399 e. The lowest BCUT2D eigenvalue weighted by Crippen LogP contribution is -2.25. The molecule has 102 valence electrons. The molecule has 0 fully saturated rings. The third kappa shape index (κ3) is 4.56. The van der Waals surface area contributed by atoms with Gasteiger partial charge in [-0.25, -0.2) is 8.42 Å². The molecule has 2 N–H and O–H groups in total. The minimum absolute atomic E-state index is 0.223. The average Bonchev–Trinajstić information content (AvgIpc) is 2.36. The summed E-state index contributed by atoms with van der Waals surface area (Å²) in [5.74, 6) is 0.482. The molecule has 5 heteroatoms. The van der Waals surface area contributed by atoms with Gasteiger partial charge in [0.2, 0.25) is 0 Å². The molecule has 0 aliphatic rings. The van der Waals surface area contributed by atoms with Crippen LogP contribution in [0.5, 0.6) is 0 Å². The van der Waals surface area contributed by atoms with E-state index in [1.807, 2.05) is 24.3 Å². The molecule has 0 spiro atoms. The molecule has 0 amide bonds. The van der Waals surface area contributed by atoms with Crippen molar-refractivity contribution in [1.29, 1.82) is 0 Å². The van der Waals surface area contributed by atoms with E-state index in [0.29, 0.717) is 6.42 Å². The van der Waals surface area contributed by atoms with Crippen LogP contribution in [-0.2, 0) is 9.84 Å². The largest absolute Gasteiger partial charge is 0.399 e. The molecule has 1 rings (SSSR count). The summed E-state index contributed by atoms with van der Waals surface area (Å²) < 4.78 is 22.8. The van der Waals surface area contributed by atoms with E-state index in [9.17, 15) is 8.42 Å². The van der Waals surface area contributed by atoms with Crippen molar-refractivity contribution in [3.8, 4) is 0 Å². The number of rotatable bonds is 7. The summed E-state index contributed by atoms with van der Waals surface area (Å²) in [7, 11) is -2.86. The summed E-state index contributed by atoms with van der Waals surface area (Å²) >= 11 is 0. The molecule has 0 unspecified atom stereocenters.